The maximum atomic E-state index is 5.50. The van der Waals surface area contributed by atoms with E-state index in [0.29, 0.717) is 0 Å². The highest BCUT2D eigenvalue weighted by molar-refractivity contribution is 5.53. The summed E-state index contributed by atoms with van der Waals surface area (Å²) in [5.74, 6) is 3.49. The molecule has 2 aliphatic heterocycles. The van der Waals surface area contributed by atoms with Crippen molar-refractivity contribution in [3.8, 4) is 11.5 Å². The van der Waals surface area contributed by atoms with E-state index in [-0.39, 0.29) is 0 Å². The summed E-state index contributed by atoms with van der Waals surface area (Å²) in [7, 11) is 3.37. The highest BCUT2D eigenvalue weighted by Crippen LogP contribution is 2.34. The van der Waals surface area contributed by atoms with Gasteiger partial charge in [0.15, 0.2) is 11.5 Å². The molecule has 4 rings (SSSR count). The van der Waals surface area contributed by atoms with Crippen LogP contribution in [0, 0.1) is 6.92 Å². The second kappa shape index (κ2) is 8.25. The zero-order chi connectivity index (χ0) is 19.5. The molecule has 0 bridgehead atoms. The third-order valence-corrected chi connectivity index (χ3v) is 5.76. The molecule has 2 aromatic rings. The summed E-state index contributed by atoms with van der Waals surface area (Å²) in [6.45, 7) is 5.95. The summed E-state index contributed by atoms with van der Waals surface area (Å²) in [5, 5.41) is 0. The van der Waals surface area contributed by atoms with Crippen LogP contribution in [0.1, 0.15) is 42.5 Å². The Hall–Kier alpha value is -2.50. The van der Waals surface area contributed by atoms with Crippen molar-refractivity contribution in [3.63, 3.8) is 0 Å². The van der Waals surface area contributed by atoms with E-state index in [1.165, 1.54) is 36.8 Å². The predicted octanol–water partition coefficient (Wildman–Crippen LogP) is 3.75. The first kappa shape index (κ1) is 18.8. The summed E-state index contributed by atoms with van der Waals surface area (Å²) >= 11 is 0. The first-order valence-corrected chi connectivity index (χ1v) is 10.3. The number of aryl methyl sites for hydroxylation is 1. The van der Waals surface area contributed by atoms with Gasteiger partial charge >= 0.3 is 0 Å². The highest BCUT2D eigenvalue weighted by atomic mass is 16.5. The van der Waals surface area contributed by atoms with E-state index >= 15 is 0 Å². The van der Waals surface area contributed by atoms with Gasteiger partial charge in [-0.1, -0.05) is 12.8 Å². The SMILES string of the molecule is COc1cc2c(cc1OC)CN(c1cc(C)nc(N3CCCCCC3)n1)CC2. The van der Waals surface area contributed by atoms with Gasteiger partial charge in [0.1, 0.15) is 5.82 Å². The molecule has 0 radical (unpaired) electrons. The molecule has 3 heterocycles. The standard InChI is InChI=1S/C22H30N4O2/c1-16-12-21(24-22(23-16)25-9-6-4-5-7-10-25)26-11-8-17-13-19(27-2)20(28-3)14-18(17)15-26/h12-14H,4-11,15H2,1-3H3. The maximum absolute atomic E-state index is 5.50. The molecular weight excluding hydrogens is 352 g/mol. The number of aromatic nitrogens is 2. The Morgan fingerprint density at radius 3 is 2.14 bits per heavy atom. The fourth-order valence-electron chi connectivity index (χ4n) is 4.19. The van der Waals surface area contributed by atoms with Gasteiger partial charge in [-0.15, -0.1) is 0 Å². The lowest BCUT2D eigenvalue weighted by atomic mass is 9.99. The topological polar surface area (TPSA) is 50.7 Å². The van der Waals surface area contributed by atoms with Crippen LogP contribution in [-0.4, -0.2) is 43.8 Å². The smallest absolute Gasteiger partial charge is 0.227 e. The zero-order valence-electron chi connectivity index (χ0n) is 17.2. The minimum absolute atomic E-state index is 0.784. The van der Waals surface area contributed by atoms with E-state index in [1.807, 2.05) is 0 Å². The van der Waals surface area contributed by atoms with Gasteiger partial charge in [0.25, 0.3) is 0 Å². The van der Waals surface area contributed by atoms with Crippen LogP contribution < -0.4 is 19.3 Å². The van der Waals surface area contributed by atoms with E-state index in [2.05, 4.69) is 34.9 Å². The highest BCUT2D eigenvalue weighted by Gasteiger charge is 2.22. The van der Waals surface area contributed by atoms with Gasteiger partial charge in [0.2, 0.25) is 5.95 Å². The maximum Gasteiger partial charge on any atom is 0.227 e. The fraction of sp³-hybridized carbons (Fsp3) is 0.545. The molecular formula is C22H30N4O2. The number of hydrogen-bond donors (Lipinski definition) is 0. The second-order valence-corrected chi connectivity index (χ2v) is 7.72. The van der Waals surface area contributed by atoms with Gasteiger partial charge in [0, 0.05) is 37.9 Å². The van der Waals surface area contributed by atoms with Crippen LogP contribution >= 0.6 is 0 Å². The number of fused-ring (bicyclic) bond motifs is 1. The molecule has 0 saturated carbocycles. The van der Waals surface area contributed by atoms with Crippen molar-refractivity contribution in [3.05, 3.63) is 35.0 Å². The summed E-state index contributed by atoms with van der Waals surface area (Å²) < 4.78 is 11.0. The zero-order valence-corrected chi connectivity index (χ0v) is 17.2. The van der Waals surface area contributed by atoms with Gasteiger partial charge in [-0.2, -0.15) is 4.98 Å². The van der Waals surface area contributed by atoms with Gasteiger partial charge in [-0.3, -0.25) is 0 Å². The van der Waals surface area contributed by atoms with Crippen molar-refractivity contribution >= 4 is 11.8 Å². The molecule has 2 aliphatic rings. The Morgan fingerprint density at radius 2 is 1.46 bits per heavy atom. The third-order valence-electron chi connectivity index (χ3n) is 5.76. The van der Waals surface area contributed by atoms with Crippen molar-refractivity contribution in [2.24, 2.45) is 0 Å². The lowest BCUT2D eigenvalue weighted by Crippen LogP contribution is -2.32. The van der Waals surface area contributed by atoms with E-state index in [4.69, 9.17) is 19.4 Å². The molecule has 0 N–H and O–H groups in total. The third kappa shape index (κ3) is 3.86. The van der Waals surface area contributed by atoms with Crippen LogP contribution in [-0.2, 0) is 13.0 Å². The minimum Gasteiger partial charge on any atom is -0.493 e. The molecule has 0 aliphatic carbocycles. The average Bonchev–Trinajstić information content (AvgIpc) is 3.01. The van der Waals surface area contributed by atoms with Gasteiger partial charge in [-0.05, 0) is 49.4 Å². The van der Waals surface area contributed by atoms with Crippen molar-refractivity contribution in [1.29, 1.82) is 0 Å². The quantitative estimate of drug-likeness (QED) is 0.803. The molecule has 0 atom stereocenters. The molecule has 0 unspecified atom stereocenters. The molecule has 1 aromatic carbocycles. The minimum atomic E-state index is 0.784. The molecule has 6 nitrogen and oxygen atoms in total. The summed E-state index contributed by atoms with van der Waals surface area (Å²) in [5.41, 5.74) is 3.63. The predicted molar refractivity (Wildman–Crippen MR) is 112 cm³/mol. The van der Waals surface area contributed by atoms with E-state index in [0.717, 1.165) is 61.6 Å². The Morgan fingerprint density at radius 1 is 0.786 bits per heavy atom. The largest absolute Gasteiger partial charge is 0.493 e. The Bertz CT molecular complexity index is 832. The van der Waals surface area contributed by atoms with Crippen molar-refractivity contribution in [2.45, 2.75) is 45.6 Å². The first-order valence-electron chi connectivity index (χ1n) is 10.3. The van der Waals surface area contributed by atoms with E-state index in [9.17, 15) is 0 Å². The van der Waals surface area contributed by atoms with Crippen LogP contribution in [0.25, 0.3) is 0 Å². The Balaban J connectivity index is 1.60. The summed E-state index contributed by atoms with van der Waals surface area (Å²) in [6, 6.07) is 6.32. The van der Waals surface area contributed by atoms with Crippen molar-refractivity contribution in [2.75, 3.05) is 43.7 Å². The number of methoxy groups -OCH3 is 2. The fourth-order valence-corrected chi connectivity index (χ4v) is 4.19. The second-order valence-electron chi connectivity index (χ2n) is 7.72. The van der Waals surface area contributed by atoms with Crippen molar-refractivity contribution in [1.82, 2.24) is 9.97 Å². The van der Waals surface area contributed by atoms with Gasteiger partial charge in [0.05, 0.1) is 14.2 Å². The van der Waals surface area contributed by atoms with Gasteiger partial charge in [-0.25, -0.2) is 4.98 Å². The number of nitrogens with zero attached hydrogens (tertiary/aromatic N) is 4. The first-order chi connectivity index (χ1) is 13.7. The van der Waals surface area contributed by atoms with Crippen LogP contribution in [0.3, 0.4) is 0 Å². The molecule has 28 heavy (non-hydrogen) atoms. The van der Waals surface area contributed by atoms with E-state index in [1.54, 1.807) is 14.2 Å². The molecule has 0 spiro atoms. The summed E-state index contributed by atoms with van der Waals surface area (Å²) in [4.78, 5) is 14.4. The number of rotatable bonds is 4. The van der Waals surface area contributed by atoms with Crippen LogP contribution in [0.2, 0.25) is 0 Å². The average molecular weight is 383 g/mol. The van der Waals surface area contributed by atoms with Gasteiger partial charge < -0.3 is 19.3 Å². The number of ether oxygens (including phenoxy) is 2. The molecule has 1 saturated heterocycles. The molecule has 1 fully saturated rings. The lowest BCUT2D eigenvalue weighted by molar-refractivity contribution is 0.353. The van der Waals surface area contributed by atoms with Crippen LogP contribution in [0.5, 0.6) is 11.5 Å². The Labute approximate surface area is 167 Å². The lowest BCUT2D eigenvalue weighted by Gasteiger charge is -2.31. The monoisotopic (exact) mass is 382 g/mol. The van der Waals surface area contributed by atoms with Crippen molar-refractivity contribution < 1.29 is 9.47 Å². The number of anilines is 2. The Kier molecular flexibility index (Phi) is 5.55. The number of hydrogen-bond acceptors (Lipinski definition) is 6. The van der Waals surface area contributed by atoms with Crippen LogP contribution in [0.4, 0.5) is 11.8 Å². The van der Waals surface area contributed by atoms with E-state index < -0.39 is 0 Å². The molecule has 6 heteroatoms. The number of benzene rings is 1. The normalized spacial score (nSPS) is 17.1. The molecule has 150 valence electrons. The molecule has 0 amide bonds. The summed E-state index contributed by atoms with van der Waals surface area (Å²) in [6.07, 6.45) is 6.04. The molecule has 1 aromatic heterocycles. The van der Waals surface area contributed by atoms with Crippen LogP contribution in [0.15, 0.2) is 18.2 Å².